The molecule has 0 fully saturated rings. The normalized spacial score (nSPS) is 9.62. The largest absolute Gasteiger partial charge is 0.495 e. The highest BCUT2D eigenvalue weighted by Gasteiger charge is 2.01. The van der Waals surface area contributed by atoms with Gasteiger partial charge in [-0.05, 0) is 12.1 Å². The molecule has 0 heterocycles. The average Bonchev–Trinajstić information content (AvgIpc) is 2.31. The first-order valence-corrected chi connectivity index (χ1v) is 5.05. The summed E-state index contributed by atoms with van der Waals surface area (Å²) in [6.07, 6.45) is 0.434. The van der Waals surface area contributed by atoms with Gasteiger partial charge in [0.25, 0.3) is 0 Å². The number of amides is 1. The Morgan fingerprint density at radius 2 is 2.25 bits per heavy atom. The van der Waals surface area contributed by atoms with Crippen molar-refractivity contribution in [2.75, 3.05) is 31.8 Å². The van der Waals surface area contributed by atoms with E-state index in [1.807, 2.05) is 6.07 Å². The standard InChI is InChI=1S/C11H17N3O2/c1-13-11(15)5-6-14-8-3-4-9(12)10(7-8)16-2/h3-4,7,14H,5-6,12H2,1-2H3,(H,13,15). The molecule has 0 saturated carbocycles. The summed E-state index contributed by atoms with van der Waals surface area (Å²) in [6.45, 7) is 0.576. The fraction of sp³-hybridized carbons (Fsp3) is 0.364. The topological polar surface area (TPSA) is 76.4 Å². The number of carbonyl (C=O) groups excluding carboxylic acids is 1. The molecule has 0 aliphatic heterocycles. The van der Waals surface area contributed by atoms with Crippen molar-refractivity contribution in [2.45, 2.75) is 6.42 Å². The van der Waals surface area contributed by atoms with Gasteiger partial charge in [0.05, 0.1) is 12.8 Å². The molecule has 1 rings (SSSR count). The van der Waals surface area contributed by atoms with E-state index >= 15 is 0 Å². The quantitative estimate of drug-likeness (QED) is 0.646. The first-order chi connectivity index (χ1) is 7.67. The van der Waals surface area contributed by atoms with Crippen molar-refractivity contribution in [2.24, 2.45) is 0 Å². The van der Waals surface area contributed by atoms with E-state index in [1.54, 1.807) is 26.3 Å². The fourth-order valence-corrected chi connectivity index (χ4v) is 1.27. The van der Waals surface area contributed by atoms with Gasteiger partial charge < -0.3 is 21.1 Å². The molecule has 1 aromatic rings. The van der Waals surface area contributed by atoms with Crippen LogP contribution in [-0.4, -0.2) is 26.6 Å². The molecule has 4 N–H and O–H groups in total. The van der Waals surface area contributed by atoms with Crippen LogP contribution in [0.15, 0.2) is 18.2 Å². The molecule has 0 radical (unpaired) electrons. The van der Waals surface area contributed by atoms with E-state index in [4.69, 9.17) is 10.5 Å². The molecule has 0 bridgehead atoms. The number of benzene rings is 1. The highest BCUT2D eigenvalue weighted by molar-refractivity contribution is 5.76. The summed E-state index contributed by atoms with van der Waals surface area (Å²) in [5.74, 6) is 0.639. The van der Waals surface area contributed by atoms with Gasteiger partial charge in [-0.3, -0.25) is 4.79 Å². The second-order valence-electron chi connectivity index (χ2n) is 3.31. The predicted molar refractivity (Wildman–Crippen MR) is 64.6 cm³/mol. The number of nitrogens with one attached hydrogen (secondary N) is 2. The number of nitrogens with two attached hydrogens (primary N) is 1. The predicted octanol–water partition coefficient (Wildman–Crippen LogP) is 0.825. The van der Waals surface area contributed by atoms with Crippen molar-refractivity contribution in [3.63, 3.8) is 0 Å². The summed E-state index contributed by atoms with van der Waals surface area (Å²) >= 11 is 0. The molecule has 0 aromatic heterocycles. The zero-order chi connectivity index (χ0) is 12.0. The Hall–Kier alpha value is -1.91. The molecule has 0 spiro atoms. The third kappa shape index (κ3) is 3.34. The smallest absolute Gasteiger partial charge is 0.221 e. The molecule has 16 heavy (non-hydrogen) atoms. The molecule has 5 heteroatoms. The van der Waals surface area contributed by atoms with Gasteiger partial charge in [0.2, 0.25) is 5.91 Å². The molecule has 0 aliphatic carbocycles. The van der Waals surface area contributed by atoms with Gasteiger partial charge >= 0.3 is 0 Å². The van der Waals surface area contributed by atoms with Gasteiger partial charge in [0.1, 0.15) is 5.75 Å². The summed E-state index contributed by atoms with van der Waals surface area (Å²) < 4.78 is 5.09. The van der Waals surface area contributed by atoms with Crippen molar-refractivity contribution >= 4 is 17.3 Å². The summed E-state index contributed by atoms with van der Waals surface area (Å²) in [5, 5.41) is 5.67. The van der Waals surface area contributed by atoms with Crippen LogP contribution in [0.3, 0.4) is 0 Å². The number of rotatable bonds is 5. The minimum absolute atomic E-state index is 0.00918. The van der Waals surface area contributed by atoms with Crippen LogP contribution in [0.25, 0.3) is 0 Å². The van der Waals surface area contributed by atoms with E-state index in [0.29, 0.717) is 24.4 Å². The van der Waals surface area contributed by atoms with Gasteiger partial charge in [0.15, 0.2) is 0 Å². The van der Waals surface area contributed by atoms with Gasteiger partial charge in [-0.1, -0.05) is 0 Å². The maximum Gasteiger partial charge on any atom is 0.221 e. The molecule has 88 valence electrons. The van der Waals surface area contributed by atoms with Crippen LogP contribution in [0, 0.1) is 0 Å². The third-order valence-electron chi connectivity index (χ3n) is 2.19. The van der Waals surface area contributed by atoms with Crippen molar-refractivity contribution < 1.29 is 9.53 Å². The van der Waals surface area contributed by atoms with E-state index in [9.17, 15) is 4.79 Å². The molecule has 0 unspecified atom stereocenters. The molecule has 0 atom stereocenters. The molecular weight excluding hydrogens is 206 g/mol. The minimum Gasteiger partial charge on any atom is -0.495 e. The van der Waals surface area contributed by atoms with Gasteiger partial charge in [-0.2, -0.15) is 0 Å². The maximum absolute atomic E-state index is 11.0. The maximum atomic E-state index is 11.0. The lowest BCUT2D eigenvalue weighted by Gasteiger charge is -2.09. The molecule has 0 saturated heterocycles. The molecule has 1 amide bonds. The number of carbonyl (C=O) groups is 1. The molecule has 0 aliphatic rings. The van der Waals surface area contributed by atoms with Crippen molar-refractivity contribution in [1.29, 1.82) is 0 Å². The van der Waals surface area contributed by atoms with Gasteiger partial charge in [0, 0.05) is 31.8 Å². The van der Waals surface area contributed by atoms with Crippen molar-refractivity contribution in [3.8, 4) is 5.75 Å². The lowest BCUT2D eigenvalue weighted by molar-refractivity contribution is -0.120. The van der Waals surface area contributed by atoms with Gasteiger partial charge in [-0.15, -0.1) is 0 Å². The van der Waals surface area contributed by atoms with Crippen LogP contribution in [0.5, 0.6) is 5.75 Å². The number of hydrogen-bond donors (Lipinski definition) is 3. The number of ether oxygens (including phenoxy) is 1. The summed E-state index contributed by atoms with van der Waals surface area (Å²) in [4.78, 5) is 11.0. The van der Waals surface area contributed by atoms with Crippen molar-refractivity contribution in [1.82, 2.24) is 5.32 Å². The van der Waals surface area contributed by atoms with Crippen LogP contribution in [0.2, 0.25) is 0 Å². The zero-order valence-corrected chi connectivity index (χ0v) is 9.54. The van der Waals surface area contributed by atoms with Gasteiger partial charge in [-0.25, -0.2) is 0 Å². The molecular formula is C11H17N3O2. The summed E-state index contributed by atoms with van der Waals surface area (Å²) in [7, 11) is 3.19. The Morgan fingerprint density at radius 3 is 2.88 bits per heavy atom. The van der Waals surface area contributed by atoms with Crippen LogP contribution >= 0.6 is 0 Å². The van der Waals surface area contributed by atoms with E-state index in [-0.39, 0.29) is 5.91 Å². The third-order valence-corrected chi connectivity index (χ3v) is 2.19. The highest BCUT2D eigenvalue weighted by Crippen LogP contribution is 2.24. The lowest BCUT2D eigenvalue weighted by atomic mass is 10.2. The summed E-state index contributed by atoms with van der Waals surface area (Å²) in [6, 6.07) is 5.42. The fourth-order valence-electron chi connectivity index (χ4n) is 1.27. The number of nitrogen functional groups attached to an aromatic ring is 1. The van der Waals surface area contributed by atoms with Crippen LogP contribution in [0.1, 0.15) is 6.42 Å². The Labute approximate surface area is 95.0 Å². The number of anilines is 2. The Kier molecular flexibility index (Phi) is 4.44. The highest BCUT2D eigenvalue weighted by atomic mass is 16.5. The summed E-state index contributed by atoms with van der Waals surface area (Å²) in [5.41, 5.74) is 7.16. The second-order valence-corrected chi connectivity index (χ2v) is 3.31. The first-order valence-electron chi connectivity index (χ1n) is 5.05. The second kappa shape index (κ2) is 5.85. The van der Waals surface area contributed by atoms with E-state index in [1.165, 1.54) is 0 Å². The minimum atomic E-state index is 0.00918. The van der Waals surface area contributed by atoms with Crippen molar-refractivity contribution in [3.05, 3.63) is 18.2 Å². The van der Waals surface area contributed by atoms with E-state index in [0.717, 1.165) is 5.69 Å². The number of methoxy groups -OCH3 is 1. The SMILES string of the molecule is CNC(=O)CCNc1ccc(N)c(OC)c1. The Morgan fingerprint density at radius 1 is 1.50 bits per heavy atom. The lowest BCUT2D eigenvalue weighted by Crippen LogP contribution is -2.20. The monoisotopic (exact) mass is 223 g/mol. The van der Waals surface area contributed by atoms with Crippen LogP contribution in [-0.2, 0) is 4.79 Å². The van der Waals surface area contributed by atoms with Crippen LogP contribution < -0.4 is 21.1 Å². The Balaban J connectivity index is 2.51. The van der Waals surface area contributed by atoms with Crippen LogP contribution in [0.4, 0.5) is 11.4 Å². The zero-order valence-electron chi connectivity index (χ0n) is 9.54. The molecule has 5 nitrogen and oxygen atoms in total. The number of hydrogen-bond acceptors (Lipinski definition) is 4. The first kappa shape index (κ1) is 12.2. The molecule has 1 aromatic carbocycles. The van der Waals surface area contributed by atoms with E-state index < -0.39 is 0 Å². The Bertz CT molecular complexity index is 366. The van der Waals surface area contributed by atoms with E-state index in [2.05, 4.69) is 10.6 Å². The average molecular weight is 223 g/mol.